The van der Waals surface area contributed by atoms with Crippen molar-refractivity contribution in [3.8, 4) is 11.5 Å². The molecule has 4 heteroatoms. The van der Waals surface area contributed by atoms with Crippen LogP contribution < -0.4 is 0 Å². The van der Waals surface area contributed by atoms with E-state index in [0.29, 0.717) is 0 Å². The molecular formula is C12H10N4. The lowest BCUT2D eigenvalue weighted by molar-refractivity contribution is 0.760. The normalized spacial score (nSPS) is 10.8. The second-order valence-corrected chi connectivity index (χ2v) is 3.59. The van der Waals surface area contributed by atoms with Crippen molar-refractivity contribution in [1.82, 2.24) is 19.5 Å². The largest absolute Gasteiger partial charge is 0.311 e. The van der Waals surface area contributed by atoms with Crippen molar-refractivity contribution < 1.29 is 0 Å². The van der Waals surface area contributed by atoms with E-state index in [1.165, 1.54) is 5.56 Å². The van der Waals surface area contributed by atoms with E-state index in [1.807, 2.05) is 22.8 Å². The van der Waals surface area contributed by atoms with E-state index in [-0.39, 0.29) is 0 Å². The second-order valence-electron chi connectivity index (χ2n) is 3.59. The van der Waals surface area contributed by atoms with Crippen LogP contribution >= 0.6 is 0 Å². The molecule has 0 radical (unpaired) electrons. The summed E-state index contributed by atoms with van der Waals surface area (Å²) in [5, 5.41) is 0. The van der Waals surface area contributed by atoms with Crippen LogP contribution in [0.25, 0.3) is 11.5 Å². The van der Waals surface area contributed by atoms with E-state index in [9.17, 15) is 0 Å². The first kappa shape index (κ1) is 9.03. The van der Waals surface area contributed by atoms with Gasteiger partial charge in [-0.2, -0.15) is 0 Å². The fraction of sp³-hybridized carbons (Fsp3) is 0.0833. The Hall–Kier alpha value is -2.23. The van der Waals surface area contributed by atoms with Gasteiger partial charge < -0.3 is 4.57 Å². The molecule has 0 aliphatic carbocycles. The molecule has 0 unspecified atom stereocenters. The third-order valence-electron chi connectivity index (χ3n) is 2.48. The van der Waals surface area contributed by atoms with Crippen LogP contribution in [0.1, 0.15) is 5.56 Å². The number of hydrogen-bond donors (Lipinski definition) is 0. The summed E-state index contributed by atoms with van der Waals surface area (Å²) >= 11 is 0. The molecule has 0 aromatic heterocycles. The molecular weight excluding hydrogens is 200 g/mol. The summed E-state index contributed by atoms with van der Waals surface area (Å²) in [5.74, 6) is 0.874. The monoisotopic (exact) mass is 210 g/mol. The maximum Gasteiger partial charge on any atom is 0.163 e. The van der Waals surface area contributed by atoms with Gasteiger partial charge in [0.1, 0.15) is 12.0 Å². The van der Waals surface area contributed by atoms with Crippen molar-refractivity contribution in [2.24, 2.45) is 0 Å². The summed E-state index contributed by atoms with van der Waals surface area (Å²) < 4.78 is 2.00. The lowest BCUT2D eigenvalue weighted by Gasteiger charge is -2.09. The lowest BCUT2D eigenvalue weighted by Crippen LogP contribution is -2.05. The summed E-state index contributed by atoms with van der Waals surface area (Å²) in [7, 11) is 0. The van der Waals surface area contributed by atoms with Crippen LogP contribution in [0.3, 0.4) is 0 Å². The minimum absolute atomic E-state index is 0.768. The first-order chi connectivity index (χ1) is 7.93. The van der Waals surface area contributed by atoms with Crippen LogP contribution in [-0.2, 0) is 6.54 Å². The highest BCUT2D eigenvalue weighted by molar-refractivity contribution is 5.48. The molecule has 0 saturated carbocycles. The predicted molar refractivity (Wildman–Crippen MR) is 60.0 cm³/mol. The van der Waals surface area contributed by atoms with Crippen LogP contribution in [0, 0.1) is 0 Å². The molecule has 3 rings (SSSR count). The van der Waals surface area contributed by atoms with Gasteiger partial charge in [-0.15, -0.1) is 0 Å². The molecule has 78 valence electrons. The van der Waals surface area contributed by atoms with E-state index in [1.54, 1.807) is 18.9 Å². The molecule has 2 aliphatic rings. The van der Waals surface area contributed by atoms with Crippen LogP contribution in [-0.4, -0.2) is 19.5 Å². The molecule has 0 amide bonds. The van der Waals surface area contributed by atoms with Crippen LogP contribution in [0.15, 0.2) is 49.2 Å². The Morgan fingerprint density at radius 3 is 2.81 bits per heavy atom. The molecule has 0 saturated heterocycles. The molecule has 4 nitrogen and oxygen atoms in total. The Labute approximate surface area is 93.0 Å². The molecule has 0 atom stereocenters. The Balaban J connectivity index is 1.99. The Morgan fingerprint density at radius 2 is 1.94 bits per heavy atom. The standard InChI is InChI=1S/C12H10N4/c1-2-4-10(5-3-1)7-16-9-13-6-11-12(16)15-8-14-11/h1-6,8-9H,7H2. The van der Waals surface area contributed by atoms with Gasteiger partial charge in [-0.05, 0) is 5.56 Å². The number of nitrogens with zero attached hydrogens (tertiary/aromatic N) is 4. The van der Waals surface area contributed by atoms with Gasteiger partial charge in [0.05, 0.1) is 19.1 Å². The molecule has 1 aromatic carbocycles. The summed E-state index contributed by atoms with van der Waals surface area (Å²) in [6.45, 7) is 0.768. The van der Waals surface area contributed by atoms with Crippen molar-refractivity contribution in [2.75, 3.05) is 0 Å². The number of fused-ring (bicyclic) bond motifs is 1. The highest BCUT2D eigenvalue weighted by Crippen LogP contribution is 2.15. The number of rotatable bonds is 2. The van der Waals surface area contributed by atoms with Crippen molar-refractivity contribution in [3.05, 3.63) is 54.7 Å². The Kier molecular flexibility index (Phi) is 2.11. The number of benzene rings is 1. The van der Waals surface area contributed by atoms with Gasteiger partial charge in [0.2, 0.25) is 0 Å². The van der Waals surface area contributed by atoms with Gasteiger partial charge in [0, 0.05) is 0 Å². The molecule has 16 heavy (non-hydrogen) atoms. The van der Waals surface area contributed by atoms with Gasteiger partial charge in [-0.1, -0.05) is 30.3 Å². The lowest BCUT2D eigenvalue weighted by atomic mass is 10.2. The fourth-order valence-corrected chi connectivity index (χ4v) is 1.72. The van der Waals surface area contributed by atoms with E-state index in [2.05, 4.69) is 27.1 Å². The quantitative estimate of drug-likeness (QED) is 0.648. The van der Waals surface area contributed by atoms with Crippen molar-refractivity contribution in [2.45, 2.75) is 6.54 Å². The van der Waals surface area contributed by atoms with Crippen molar-refractivity contribution in [1.29, 1.82) is 0 Å². The number of aromatic nitrogens is 4. The number of hydrogen-bond acceptors (Lipinski definition) is 3. The summed E-state index contributed by atoms with van der Waals surface area (Å²) in [6.07, 6.45) is 5.07. The van der Waals surface area contributed by atoms with Gasteiger partial charge >= 0.3 is 0 Å². The zero-order valence-electron chi connectivity index (χ0n) is 8.61. The topological polar surface area (TPSA) is 43.6 Å². The zero-order valence-corrected chi connectivity index (χ0v) is 8.61. The Morgan fingerprint density at radius 1 is 1.06 bits per heavy atom. The third kappa shape index (κ3) is 1.54. The van der Waals surface area contributed by atoms with E-state index >= 15 is 0 Å². The van der Waals surface area contributed by atoms with Crippen LogP contribution in [0.5, 0.6) is 0 Å². The summed E-state index contributed by atoms with van der Waals surface area (Å²) in [4.78, 5) is 12.5. The smallest absolute Gasteiger partial charge is 0.163 e. The minimum Gasteiger partial charge on any atom is -0.311 e. The van der Waals surface area contributed by atoms with Crippen molar-refractivity contribution in [3.63, 3.8) is 0 Å². The number of imidazole rings is 1. The van der Waals surface area contributed by atoms with Gasteiger partial charge in [-0.25, -0.2) is 15.0 Å². The first-order valence-electron chi connectivity index (χ1n) is 5.08. The molecule has 2 heterocycles. The maximum atomic E-state index is 4.23. The second kappa shape index (κ2) is 3.73. The molecule has 1 aromatic rings. The average molecular weight is 210 g/mol. The van der Waals surface area contributed by atoms with Crippen LogP contribution in [0.4, 0.5) is 0 Å². The SMILES string of the molecule is c1ccc(Cn2cncc3ncnc2-3)cc1. The van der Waals surface area contributed by atoms with Gasteiger partial charge in [-0.3, -0.25) is 0 Å². The molecule has 0 bridgehead atoms. The summed E-state index contributed by atoms with van der Waals surface area (Å²) in [6, 6.07) is 10.2. The molecule has 0 fully saturated rings. The van der Waals surface area contributed by atoms with Gasteiger partial charge in [0.15, 0.2) is 5.82 Å². The maximum absolute atomic E-state index is 4.23. The van der Waals surface area contributed by atoms with Crippen LogP contribution in [0.2, 0.25) is 0 Å². The highest BCUT2D eigenvalue weighted by atomic mass is 15.1. The van der Waals surface area contributed by atoms with E-state index in [4.69, 9.17) is 0 Å². The van der Waals surface area contributed by atoms with Gasteiger partial charge in [0.25, 0.3) is 0 Å². The first-order valence-corrected chi connectivity index (χ1v) is 5.08. The highest BCUT2D eigenvalue weighted by Gasteiger charge is 2.09. The third-order valence-corrected chi connectivity index (χ3v) is 2.48. The van der Waals surface area contributed by atoms with E-state index in [0.717, 1.165) is 18.1 Å². The van der Waals surface area contributed by atoms with E-state index < -0.39 is 0 Å². The Bertz CT molecular complexity index is 558. The average Bonchev–Trinajstić information content (AvgIpc) is 2.80. The molecule has 0 spiro atoms. The molecule has 0 N–H and O–H groups in total. The fourth-order valence-electron chi connectivity index (χ4n) is 1.72. The zero-order chi connectivity index (χ0) is 10.8. The molecule has 2 aliphatic heterocycles. The predicted octanol–water partition coefficient (Wildman–Crippen LogP) is 1.83. The minimum atomic E-state index is 0.768. The van der Waals surface area contributed by atoms with Crippen molar-refractivity contribution >= 4 is 0 Å². The summed E-state index contributed by atoms with van der Waals surface area (Å²) in [5.41, 5.74) is 2.06.